The Morgan fingerprint density at radius 3 is 1.58 bits per heavy atom. The number of ether oxygens (including phenoxy) is 2. The second-order valence-electron chi connectivity index (χ2n) is 14.4. The Kier molecular flexibility index (Phi) is 17.4. The third kappa shape index (κ3) is 12.0. The standard InChI is InChI=1S/C42H28Cl4N6O18S4/c1-65-29-16-26(50-52-38-32(74(62,63)64)12-17-9-19(71-69-67-57)13-27(33(17)40(38)54)47-41(55)21-5-3-7-23(43)35(21)45)30(66-2)15-25(29)49-51-37-31(72-70-68-58)11-18-10-20(73(59,60)61)14-28(34(18)39(37)53)48-42(56)22-6-4-8-24(44)36(22)46/h3-16,53-54,57-58H,1-2H3,(H,47,55)(H,48,56)(H,59,60,61)(H,62,63,64). The number of amides is 2. The number of methoxy groups -OCH3 is 2. The molecule has 0 saturated heterocycles. The molecule has 7 rings (SSSR count). The Morgan fingerprint density at radius 2 is 1.08 bits per heavy atom. The molecule has 7 aromatic rings. The molecule has 8 N–H and O–H groups in total. The fourth-order valence-corrected chi connectivity index (χ4v) is 9.76. The van der Waals surface area contributed by atoms with Crippen LogP contribution < -0.4 is 20.1 Å². The average Bonchev–Trinajstić information content (AvgIpc) is 3.35. The largest absolute Gasteiger partial charge is 0.505 e. The summed E-state index contributed by atoms with van der Waals surface area (Å²) in [5, 5.41) is 69.0. The monoisotopic (exact) mass is 1170 g/mol. The second-order valence-corrected chi connectivity index (χ2v) is 20.3. The number of anilines is 2. The molecule has 24 nitrogen and oxygen atoms in total. The first kappa shape index (κ1) is 55.6. The minimum absolute atomic E-state index is 0.00511. The van der Waals surface area contributed by atoms with Gasteiger partial charge in [-0.25, -0.2) is 10.5 Å². The van der Waals surface area contributed by atoms with Gasteiger partial charge in [0.25, 0.3) is 32.1 Å². The van der Waals surface area contributed by atoms with Crippen LogP contribution in [0.2, 0.25) is 20.1 Å². The third-order valence-corrected chi connectivity index (χ3v) is 14.5. The van der Waals surface area contributed by atoms with Gasteiger partial charge in [0, 0.05) is 27.8 Å². The van der Waals surface area contributed by atoms with Gasteiger partial charge in [-0.3, -0.25) is 18.7 Å². The number of hydrogen-bond donors (Lipinski definition) is 8. The number of rotatable bonds is 18. The van der Waals surface area contributed by atoms with Crippen LogP contribution in [0.1, 0.15) is 20.7 Å². The predicted molar refractivity (Wildman–Crippen MR) is 269 cm³/mol. The zero-order valence-corrected chi connectivity index (χ0v) is 42.9. The van der Waals surface area contributed by atoms with Crippen LogP contribution in [0, 0.1) is 0 Å². The normalized spacial score (nSPS) is 12.0. The Morgan fingerprint density at radius 1 is 0.595 bits per heavy atom. The number of phenolic OH excluding ortho intramolecular Hbond substituents is 2. The van der Waals surface area contributed by atoms with Crippen molar-refractivity contribution >= 4 is 158 Å². The molecule has 32 heteroatoms. The lowest BCUT2D eigenvalue weighted by molar-refractivity contribution is -0.432. The van der Waals surface area contributed by atoms with E-state index < -0.39 is 64.7 Å². The lowest BCUT2D eigenvalue weighted by atomic mass is 10.1. The molecule has 0 saturated carbocycles. The van der Waals surface area contributed by atoms with Gasteiger partial charge < -0.3 is 30.3 Å². The van der Waals surface area contributed by atoms with E-state index in [2.05, 4.69) is 49.8 Å². The molecule has 0 radical (unpaired) electrons. The molecule has 0 fully saturated rings. The zero-order valence-electron chi connectivity index (χ0n) is 36.6. The van der Waals surface area contributed by atoms with E-state index >= 15 is 0 Å². The molecule has 0 unspecified atom stereocenters. The van der Waals surface area contributed by atoms with E-state index in [9.17, 15) is 45.7 Å². The fraction of sp³-hybridized carbons (Fsp3) is 0.0476. The Hall–Kier alpha value is -6.16. The molecule has 74 heavy (non-hydrogen) atoms. The highest BCUT2D eigenvalue weighted by Gasteiger charge is 2.27. The molecular weight excluding hydrogens is 1150 g/mol. The summed E-state index contributed by atoms with van der Waals surface area (Å²) in [4.78, 5) is 25.1. The minimum Gasteiger partial charge on any atom is -0.505 e. The van der Waals surface area contributed by atoms with E-state index in [1.165, 1.54) is 80.9 Å². The number of nitrogens with one attached hydrogen (secondary N) is 2. The van der Waals surface area contributed by atoms with Gasteiger partial charge in [-0.15, -0.1) is 29.1 Å². The summed E-state index contributed by atoms with van der Waals surface area (Å²) in [5.41, 5.74) is -2.57. The van der Waals surface area contributed by atoms with Crippen molar-refractivity contribution in [2.75, 3.05) is 24.9 Å². The van der Waals surface area contributed by atoms with Gasteiger partial charge in [0.05, 0.1) is 90.7 Å². The second kappa shape index (κ2) is 23.2. The van der Waals surface area contributed by atoms with Crippen molar-refractivity contribution < 1.29 is 84.5 Å². The number of carbonyl (C=O) groups excluding carboxylic acids is 2. The summed E-state index contributed by atoms with van der Waals surface area (Å²) in [6, 6.07) is 17.0. The number of hydrogen-bond acceptors (Lipinski definition) is 22. The van der Waals surface area contributed by atoms with Crippen molar-refractivity contribution in [2.24, 2.45) is 20.5 Å². The van der Waals surface area contributed by atoms with Crippen molar-refractivity contribution in [3.8, 4) is 23.0 Å². The average molecular weight is 1170 g/mol. The van der Waals surface area contributed by atoms with Crippen LogP contribution in [0.3, 0.4) is 0 Å². The third-order valence-electron chi connectivity index (χ3n) is 10.0. The van der Waals surface area contributed by atoms with Gasteiger partial charge in [0.2, 0.25) is 0 Å². The lowest BCUT2D eigenvalue weighted by Gasteiger charge is -2.16. The summed E-state index contributed by atoms with van der Waals surface area (Å²) >= 11 is 25.4. The van der Waals surface area contributed by atoms with Gasteiger partial charge in [-0.1, -0.05) is 68.6 Å². The molecule has 0 atom stereocenters. The lowest BCUT2D eigenvalue weighted by Crippen LogP contribution is -2.13. The molecule has 0 spiro atoms. The Labute approximate surface area is 444 Å². The van der Waals surface area contributed by atoms with E-state index in [-0.39, 0.29) is 109 Å². The van der Waals surface area contributed by atoms with Gasteiger partial charge in [0.15, 0.2) is 11.5 Å². The van der Waals surface area contributed by atoms with E-state index in [0.717, 1.165) is 18.2 Å². The number of carbonyl (C=O) groups is 2. The number of halogens is 4. The van der Waals surface area contributed by atoms with Gasteiger partial charge in [-0.05, 0) is 71.4 Å². The molecular formula is C42H28Cl4N6O18S4. The van der Waals surface area contributed by atoms with Crippen molar-refractivity contribution in [2.45, 2.75) is 19.6 Å². The molecule has 0 aliphatic rings. The zero-order chi connectivity index (χ0) is 53.8. The van der Waals surface area contributed by atoms with Crippen LogP contribution >= 0.6 is 70.5 Å². The van der Waals surface area contributed by atoms with Crippen molar-refractivity contribution in [3.05, 3.63) is 116 Å². The van der Waals surface area contributed by atoms with Crippen molar-refractivity contribution in [1.82, 2.24) is 0 Å². The SMILES string of the molecule is COc1cc(N=Nc2c(S(=O)(=O)O)cc3cc(SOOO)cc(NC(=O)c4cccc(Cl)c4Cl)c3c2O)c(OC)cc1N=Nc1c(SOOO)cc2cc(S(=O)(=O)O)cc(NC(=O)c3cccc(Cl)c3Cl)c2c1O. The van der Waals surface area contributed by atoms with E-state index in [0.29, 0.717) is 12.0 Å². The molecule has 0 heterocycles. The molecule has 0 aliphatic heterocycles. The van der Waals surface area contributed by atoms with E-state index in [1.807, 2.05) is 0 Å². The summed E-state index contributed by atoms with van der Waals surface area (Å²) in [6.07, 6.45) is 0. The van der Waals surface area contributed by atoms with Gasteiger partial charge in [0.1, 0.15) is 39.1 Å². The minimum atomic E-state index is -5.24. The first-order chi connectivity index (χ1) is 35.1. The summed E-state index contributed by atoms with van der Waals surface area (Å²) in [5.74, 6) is -3.83. The summed E-state index contributed by atoms with van der Waals surface area (Å²) in [7, 11) is -7.82. The number of azo groups is 2. The van der Waals surface area contributed by atoms with Crippen LogP contribution in [-0.2, 0) is 39.0 Å². The van der Waals surface area contributed by atoms with Crippen LogP contribution in [0.5, 0.6) is 23.0 Å². The molecule has 0 aromatic heterocycles. The number of benzene rings is 7. The number of phenols is 2. The fourth-order valence-electron chi connectivity index (χ4n) is 6.84. The van der Waals surface area contributed by atoms with Crippen LogP contribution in [-0.4, -0.2) is 72.7 Å². The van der Waals surface area contributed by atoms with Crippen LogP contribution in [0.4, 0.5) is 34.1 Å². The Balaban J connectivity index is 1.34. The molecule has 2 amide bonds. The number of aromatic hydroxyl groups is 2. The van der Waals surface area contributed by atoms with E-state index in [4.69, 9.17) is 66.4 Å². The Bertz CT molecular complexity index is 3730. The maximum Gasteiger partial charge on any atom is 0.296 e. The molecule has 386 valence electrons. The predicted octanol–water partition coefficient (Wildman–Crippen LogP) is 12.7. The molecule has 0 aliphatic carbocycles. The summed E-state index contributed by atoms with van der Waals surface area (Å²) < 4.78 is 90.9. The topological polar surface area (TPSA) is 353 Å². The summed E-state index contributed by atoms with van der Waals surface area (Å²) in [6.45, 7) is 0. The maximum absolute atomic E-state index is 13.5. The van der Waals surface area contributed by atoms with Gasteiger partial charge in [-0.2, -0.15) is 16.8 Å². The molecule has 7 aromatic carbocycles. The van der Waals surface area contributed by atoms with E-state index in [1.54, 1.807) is 0 Å². The highest BCUT2D eigenvalue weighted by molar-refractivity contribution is 7.95. The van der Waals surface area contributed by atoms with Crippen LogP contribution in [0.15, 0.2) is 125 Å². The number of nitrogens with zero attached hydrogens (tertiary/aromatic N) is 4. The molecule has 0 bridgehead atoms. The maximum atomic E-state index is 13.5. The highest BCUT2D eigenvalue weighted by atomic mass is 35.5. The number of fused-ring (bicyclic) bond motifs is 2. The van der Waals surface area contributed by atoms with Crippen LogP contribution in [0.25, 0.3) is 21.5 Å². The van der Waals surface area contributed by atoms with Gasteiger partial charge >= 0.3 is 0 Å². The first-order valence-corrected chi connectivity index (χ1v) is 25.5. The van der Waals surface area contributed by atoms with Crippen molar-refractivity contribution in [1.29, 1.82) is 0 Å². The smallest absolute Gasteiger partial charge is 0.296 e. The highest BCUT2D eigenvalue weighted by Crippen LogP contribution is 2.50. The van der Waals surface area contributed by atoms with Crippen molar-refractivity contribution in [3.63, 3.8) is 0 Å². The quantitative estimate of drug-likeness (QED) is 0.0130. The first-order valence-electron chi connectivity index (χ1n) is 19.6.